The van der Waals surface area contributed by atoms with Crippen LogP contribution in [0, 0.1) is 0 Å². The molecule has 0 spiro atoms. The fourth-order valence-electron chi connectivity index (χ4n) is 3.55. The molecular formula is C20H16ClN5O4. The summed E-state index contributed by atoms with van der Waals surface area (Å²) in [6.07, 6.45) is 4.52. The van der Waals surface area contributed by atoms with E-state index >= 15 is 0 Å². The number of pyridine rings is 1. The van der Waals surface area contributed by atoms with Crippen LogP contribution < -0.4 is 5.73 Å². The number of ether oxygens (including phenoxy) is 1. The average Bonchev–Trinajstić information content (AvgIpc) is 3.20. The molecule has 2 N–H and O–H groups in total. The van der Waals surface area contributed by atoms with Crippen molar-refractivity contribution >= 4 is 34.9 Å². The molecule has 30 heavy (non-hydrogen) atoms. The van der Waals surface area contributed by atoms with Gasteiger partial charge in [-0.25, -0.2) is 9.31 Å². The summed E-state index contributed by atoms with van der Waals surface area (Å²) in [5, 5.41) is 4.84. The first kappa shape index (κ1) is 18.4. The third-order valence-corrected chi connectivity index (χ3v) is 5.50. The number of nitrogens with two attached hydrogens (primary N) is 1. The van der Waals surface area contributed by atoms with E-state index in [-0.39, 0.29) is 5.91 Å². The molecule has 3 aromatic heterocycles. The number of esters is 1. The molecule has 0 atom stereocenters. The topological polar surface area (TPSA) is 112 Å². The van der Waals surface area contributed by atoms with E-state index in [1.165, 1.54) is 12.2 Å². The molecule has 0 bridgehead atoms. The molecule has 0 fully saturated rings. The maximum atomic E-state index is 12.9. The van der Waals surface area contributed by atoms with Crippen LogP contribution in [0.5, 0.6) is 0 Å². The van der Waals surface area contributed by atoms with E-state index in [0.717, 1.165) is 11.2 Å². The van der Waals surface area contributed by atoms with Gasteiger partial charge in [-0.3, -0.25) is 9.59 Å². The highest BCUT2D eigenvalue weighted by atomic mass is 35.5. The second-order valence-electron chi connectivity index (χ2n) is 7.21. The van der Waals surface area contributed by atoms with Crippen molar-refractivity contribution in [3.05, 3.63) is 70.8 Å². The summed E-state index contributed by atoms with van der Waals surface area (Å²) in [6, 6.07) is 8.62. The smallest absolute Gasteiger partial charge is 0.356 e. The molecule has 10 heteroatoms. The highest BCUT2D eigenvalue weighted by Crippen LogP contribution is 2.30. The Kier molecular flexibility index (Phi) is 3.97. The normalized spacial score (nSPS) is 16.4. The van der Waals surface area contributed by atoms with Crippen LogP contribution in [0.4, 0.5) is 0 Å². The van der Waals surface area contributed by atoms with E-state index in [1.807, 2.05) is 0 Å². The van der Waals surface area contributed by atoms with Crippen molar-refractivity contribution in [3.8, 4) is 0 Å². The lowest BCUT2D eigenvalue weighted by Crippen LogP contribution is -2.40. The number of aromatic nitrogens is 3. The van der Waals surface area contributed by atoms with Gasteiger partial charge < -0.3 is 19.9 Å². The van der Waals surface area contributed by atoms with Gasteiger partial charge in [0.25, 0.3) is 11.8 Å². The van der Waals surface area contributed by atoms with Gasteiger partial charge in [0.1, 0.15) is 5.69 Å². The van der Waals surface area contributed by atoms with Crippen LogP contribution >= 0.6 is 11.6 Å². The average molecular weight is 426 g/mol. The minimum Gasteiger partial charge on any atom is -0.436 e. The molecule has 2 aliphatic rings. The van der Waals surface area contributed by atoms with E-state index in [2.05, 4.69) is 5.10 Å². The zero-order chi connectivity index (χ0) is 21.0. The molecule has 0 saturated heterocycles. The number of hydrogen-bond donors (Lipinski definition) is 1. The van der Waals surface area contributed by atoms with Crippen LogP contribution in [-0.2, 0) is 22.6 Å². The zero-order valence-corrected chi connectivity index (χ0v) is 16.4. The van der Waals surface area contributed by atoms with Crippen molar-refractivity contribution in [2.45, 2.75) is 18.7 Å². The lowest BCUT2D eigenvalue weighted by atomic mass is 10.2. The van der Waals surface area contributed by atoms with Gasteiger partial charge in [-0.1, -0.05) is 11.6 Å². The molecule has 3 aromatic rings. The van der Waals surface area contributed by atoms with Gasteiger partial charge in [0, 0.05) is 25.0 Å². The van der Waals surface area contributed by atoms with E-state index < -0.39 is 17.5 Å². The van der Waals surface area contributed by atoms with Gasteiger partial charge in [-0.05, 0) is 42.5 Å². The Bertz CT molecular complexity index is 1250. The summed E-state index contributed by atoms with van der Waals surface area (Å²) < 4.78 is 8.61. The molecule has 0 unspecified atom stereocenters. The molecule has 5 rings (SSSR count). The summed E-state index contributed by atoms with van der Waals surface area (Å²) in [4.78, 5) is 38.5. The molecule has 2 amide bonds. The van der Waals surface area contributed by atoms with Crippen LogP contribution in [0.3, 0.4) is 0 Å². The Morgan fingerprint density at radius 2 is 1.93 bits per heavy atom. The van der Waals surface area contributed by atoms with E-state index in [0.29, 0.717) is 36.0 Å². The van der Waals surface area contributed by atoms with Gasteiger partial charge >= 0.3 is 5.97 Å². The molecule has 0 radical (unpaired) electrons. The SMILES string of the molecule is NC(=O)C1(OC(=O)c2ccc3n2CCN(C(=O)c2cc4ccc(Cl)cn4n2)C3)C=C1. The summed E-state index contributed by atoms with van der Waals surface area (Å²) >= 11 is 5.98. The predicted molar refractivity (Wildman–Crippen MR) is 106 cm³/mol. The van der Waals surface area contributed by atoms with Crippen LogP contribution in [0.15, 0.2) is 48.7 Å². The van der Waals surface area contributed by atoms with E-state index in [4.69, 9.17) is 22.1 Å². The number of halogens is 1. The highest BCUT2D eigenvalue weighted by molar-refractivity contribution is 6.30. The molecule has 0 aromatic carbocycles. The maximum absolute atomic E-state index is 12.9. The largest absolute Gasteiger partial charge is 0.436 e. The van der Waals surface area contributed by atoms with Crippen molar-refractivity contribution in [2.24, 2.45) is 5.73 Å². The van der Waals surface area contributed by atoms with Gasteiger partial charge in [-0.15, -0.1) is 0 Å². The quantitative estimate of drug-likeness (QED) is 0.501. The van der Waals surface area contributed by atoms with Crippen LogP contribution in [0.1, 0.15) is 26.7 Å². The lowest BCUT2D eigenvalue weighted by Gasteiger charge is -2.29. The van der Waals surface area contributed by atoms with Gasteiger partial charge in [0.2, 0.25) is 5.60 Å². The maximum Gasteiger partial charge on any atom is 0.356 e. The molecule has 152 valence electrons. The second kappa shape index (κ2) is 6.46. The minimum atomic E-state index is -1.41. The first-order valence-electron chi connectivity index (χ1n) is 9.22. The first-order valence-corrected chi connectivity index (χ1v) is 9.60. The van der Waals surface area contributed by atoms with Crippen LogP contribution in [0.2, 0.25) is 5.02 Å². The molecule has 9 nitrogen and oxygen atoms in total. The molecular weight excluding hydrogens is 410 g/mol. The number of nitrogens with zero attached hydrogens (tertiary/aromatic N) is 4. The monoisotopic (exact) mass is 425 g/mol. The lowest BCUT2D eigenvalue weighted by molar-refractivity contribution is -0.127. The van der Waals surface area contributed by atoms with Crippen molar-refractivity contribution < 1.29 is 19.1 Å². The molecule has 0 saturated carbocycles. The van der Waals surface area contributed by atoms with Crippen molar-refractivity contribution in [2.75, 3.05) is 6.54 Å². The first-order chi connectivity index (χ1) is 14.4. The predicted octanol–water partition coefficient (Wildman–Crippen LogP) is 1.40. The minimum absolute atomic E-state index is 0.207. The van der Waals surface area contributed by atoms with Gasteiger partial charge in [-0.2, -0.15) is 5.10 Å². The number of primary amides is 1. The zero-order valence-electron chi connectivity index (χ0n) is 15.6. The Morgan fingerprint density at radius 1 is 1.13 bits per heavy atom. The van der Waals surface area contributed by atoms with Crippen molar-refractivity contribution in [1.29, 1.82) is 0 Å². The Balaban J connectivity index is 1.33. The number of hydrogen-bond acceptors (Lipinski definition) is 5. The third kappa shape index (κ3) is 2.94. The van der Waals surface area contributed by atoms with Gasteiger partial charge in [0.05, 0.1) is 17.1 Å². The number of fused-ring (bicyclic) bond motifs is 2. The Morgan fingerprint density at radius 3 is 2.67 bits per heavy atom. The number of carbonyl (C=O) groups is 3. The Hall–Kier alpha value is -3.59. The second-order valence-corrected chi connectivity index (χ2v) is 7.65. The molecule has 4 heterocycles. The van der Waals surface area contributed by atoms with E-state index in [9.17, 15) is 14.4 Å². The fourth-order valence-corrected chi connectivity index (χ4v) is 3.71. The highest BCUT2D eigenvalue weighted by Gasteiger charge is 2.45. The number of amides is 2. The standard InChI is InChI=1S/C20H16ClN5O4/c21-12-1-2-13-9-15(23-26(13)10-12)17(27)24-7-8-25-14(11-24)3-4-16(25)18(28)30-20(5-6-20)19(22)29/h1-6,9-10H,7-8,11H2,(H2,22,29). The number of carbonyl (C=O) groups excluding carboxylic acids is 3. The van der Waals surface area contributed by atoms with Crippen molar-refractivity contribution in [3.63, 3.8) is 0 Å². The summed E-state index contributed by atoms with van der Waals surface area (Å²) in [7, 11) is 0. The Labute approximate surface area is 175 Å². The van der Waals surface area contributed by atoms with Crippen molar-refractivity contribution in [1.82, 2.24) is 19.1 Å². The van der Waals surface area contributed by atoms with E-state index in [1.54, 1.807) is 50.5 Å². The van der Waals surface area contributed by atoms with Crippen LogP contribution in [-0.4, -0.2) is 49.0 Å². The van der Waals surface area contributed by atoms with Gasteiger partial charge in [0.15, 0.2) is 5.69 Å². The molecule has 1 aliphatic heterocycles. The third-order valence-electron chi connectivity index (χ3n) is 5.27. The number of rotatable bonds is 4. The summed E-state index contributed by atoms with van der Waals surface area (Å²) in [5.74, 6) is -1.57. The summed E-state index contributed by atoms with van der Waals surface area (Å²) in [5.41, 5.74) is 6.04. The fraction of sp³-hybridized carbons (Fsp3) is 0.200. The van der Waals surface area contributed by atoms with Crippen LogP contribution in [0.25, 0.3) is 5.52 Å². The molecule has 1 aliphatic carbocycles. The summed E-state index contributed by atoms with van der Waals surface area (Å²) in [6.45, 7) is 1.13.